The Bertz CT molecular complexity index is 442. The van der Waals surface area contributed by atoms with Crippen LogP contribution in [0.3, 0.4) is 0 Å². The van der Waals surface area contributed by atoms with Crippen LogP contribution in [0.25, 0.3) is 0 Å². The molecule has 1 saturated heterocycles. The van der Waals surface area contributed by atoms with Gasteiger partial charge in [-0.2, -0.15) is 0 Å². The van der Waals surface area contributed by atoms with E-state index in [0.717, 1.165) is 36.9 Å². The SMILES string of the molecule is CCc1ccccc1C(=O)N1CCCC1CC(C)O. The predicted octanol–water partition coefficient (Wildman–Crippen LogP) is 2.62. The summed E-state index contributed by atoms with van der Waals surface area (Å²) >= 11 is 0. The molecule has 1 amide bonds. The fraction of sp³-hybridized carbons (Fsp3) is 0.562. The molecule has 1 N–H and O–H groups in total. The van der Waals surface area contributed by atoms with E-state index in [9.17, 15) is 9.90 Å². The van der Waals surface area contributed by atoms with Crippen LogP contribution in [0.1, 0.15) is 49.0 Å². The minimum absolute atomic E-state index is 0.126. The van der Waals surface area contributed by atoms with Crippen molar-refractivity contribution >= 4 is 5.91 Å². The second kappa shape index (κ2) is 6.20. The van der Waals surface area contributed by atoms with Crippen molar-refractivity contribution in [2.24, 2.45) is 0 Å². The molecule has 3 heteroatoms. The first-order valence-electron chi connectivity index (χ1n) is 7.20. The Labute approximate surface area is 115 Å². The lowest BCUT2D eigenvalue weighted by atomic mass is 10.0. The first-order chi connectivity index (χ1) is 9.13. The summed E-state index contributed by atoms with van der Waals surface area (Å²) in [5.41, 5.74) is 1.93. The summed E-state index contributed by atoms with van der Waals surface area (Å²) in [5, 5.41) is 9.55. The van der Waals surface area contributed by atoms with Crippen molar-refractivity contribution in [3.63, 3.8) is 0 Å². The minimum Gasteiger partial charge on any atom is -0.393 e. The van der Waals surface area contributed by atoms with Crippen LogP contribution in [-0.4, -0.2) is 34.6 Å². The van der Waals surface area contributed by atoms with E-state index in [0.29, 0.717) is 6.42 Å². The zero-order chi connectivity index (χ0) is 13.8. The van der Waals surface area contributed by atoms with Gasteiger partial charge in [0.25, 0.3) is 5.91 Å². The Hall–Kier alpha value is -1.35. The van der Waals surface area contributed by atoms with Gasteiger partial charge in [-0.25, -0.2) is 0 Å². The Balaban J connectivity index is 2.18. The molecule has 1 heterocycles. The first kappa shape index (κ1) is 14.1. The molecule has 104 valence electrons. The zero-order valence-electron chi connectivity index (χ0n) is 11.8. The van der Waals surface area contributed by atoms with Crippen LogP contribution in [0, 0.1) is 0 Å². The molecule has 1 aromatic carbocycles. The van der Waals surface area contributed by atoms with Crippen molar-refractivity contribution in [3.8, 4) is 0 Å². The van der Waals surface area contributed by atoms with E-state index in [1.165, 1.54) is 0 Å². The lowest BCUT2D eigenvalue weighted by Crippen LogP contribution is -2.37. The molecule has 1 fully saturated rings. The van der Waals surface area contributed by atoms with Gasteiger partial charge in [-0.3, -0.25) is 4.79 Å². The average Bonchev–Trinajstić information content (AvgIpc) is 2.85. The van der Waals surface area contributed by atoms with Gasteiger partial charge < -0.3 is 10.0 Å². The Kier molecular flexibility index (Phi) is 4.59. The van der Waals surface area contributed by atoms with Crippen LogP contribution >= 0.6 is 0 Å². The fourth-order valence-corrected chi connectivity index (χ4v) is 2.93. The Morgan fingerprint density at radius 2 is 2.21 bits per heavy atom. The van der Waals surface area contributed by atoms with Crippen molar-refractivity contribution < 1.29 is 9.90 Å². The number of likely N-dealkylation sites (tertiary alicyclic amines) is 1. The number of nitrogens with zero attached hydrogens (tertiary/aromatic N) is 1. The molecular weight excluding hydrogens is 238 g/mol. The van der Waals surface area contributed by atoms with Crippen molar-refractivity contribution in [3.05, 3.63) is 35.4 Å². The largest absolute Gasteiger partial charge is 0.393 e. The lowest BCUT2D eigenvalue weighted by molar-refractivity contribution is 0.0681. The van der Waals surface area contributed by atoms with Gasteiger partial charge in [0.15, 0.2) is 0 Å². The molecule has 19 heavy (non-hydrogen) atoms. The van der Waals surface area contributed by atoms with Gasteiger partial charge in [-0.05, 0) is 44.2 Å². The zero-order valence-corrected chi connectivity index (χ0v) is 11.8. The van der Waals surface area contributed by atoms with E-state index in [-0.39, 0.29) is 18.1 Å². The minimum atomic E-state index is -0.347. The Morgan fingerprint density at radius 1 is 1.47 bits per heavy atom. The number of amides is 1. The topological polar surface area (TPSA) is 40.5 Å². The predicted molar refractivity (Wildman–Crippen MR) is 76.2 cm³/mol. The number of aliphatic hydroxyl groups is 1. The summed E-state index contributed by atoms with van der Waals surface area (Å²) in [5.74, 6) is 0.126. The van der Waals surface area contributed by atoms with Gasteiger partial charge in [0.1, 0.15) is 0 Å². The highest BCUT2D eigenvalue weighted by Crippen LogP contribution is 2.24. The molecule has 3 nitrogen and oxygen atoms in total. The molecule has 0 spiro atoms. The summed E-state index contributed by atoms with van der Waals surface area (Å²) in [4.78, 5) is 14.6. The third kappa shape index (κ3) is 3.16. The molecule has 0 bridgehead atoms. The molecular formula is C16H23NO2. The third-order valence-electron chi connectivity index (χ3n) is 3.88. The summed E-state index contributed by atoms with van der Waals surface area (Å²) in [7, 11) is 0. The Morgan fingerprint density at radius 3 is 2.89 bits per heavy atom. The molecule has 0 radical (unpaired) electrons. The smallest absolute Gasteiger partial charge is 0.254 e. The van der Waals surface area contributed by atoms with Gasteiger partial charge in [0.05, 0.1) is 6.10 Å². The number of rotatable bonds is 4. The number of carbonyl (C=O) groups is 1. The molecule has 2 unspecified atom stereocenters. The number of carbonyl (C=O) groups excluding carboxylic acids is 1. The van der Waals surface area contributed by atoms with E-state index in [4.69, 9.17) is 0 Å². The highest BCUT2D eigenvalue weighted by molar-refractivity contribution is 5.96. The highest BCUT2D eigenvalue weighted by atomic mass is 16.3. The van der Waals surface area contributed by atoms with Crippen molar-refractivity contribution in [2.45, 2.75) is 51.7 Å². The molecule has 2 atom stereocenters. The normalized spacial score (nSPS) is 20.6. The van der Waals surface area contributed by atoms with Crippen molar-refractivity contribution in [2.75, 3.05) is 6.54 Å². The van der Waals surface area contributed by atoms with Gasteiger partial charge in [0, 0.05) is 18.2 Å². The van der Waals surface area contributed by atoms with Crippen LogP contribution in [0.5, 0.6) is 0 Å². The summed E-state index contributed by atoms with van der Waals surface area (Å²) in [6.07, 6.45) is 3.25. The average molecular weight is 261 g/mol. The maximum atomic E-state index is 12.7. The lowest BCUT2D eigenvalue weighted by Gasteiger charge is -2.26. The van der Waals surface area contributed by atoms with Crippen LogP contribution in [0.15, 0.2) is 24.3 Å². The first-order valence-corrected chi connectivity index (χ1v) is 7.20. The summed E-state index contributed by atoms with van der Waals surface area (Å²) < 4.78 is 0. The summed E-state index contributed by atoms with van der Waals surface area (Å²) in [6, 6.07) is 8.03. The van der Waals surface area contributed by atoms with Crippen LogP contribution in [-0.2, 0) is 6.42 Å². The van der Waals surface area contributed by atoms with Gasteiger partial charge in [0.2, 0.25) is 0 Å². The quantitative estimate of drug-likeness (QED) is 0.905. The molecule has 0 aromatic heterocycles. The molecule has 0 saturated carbocycles. The third-order valence-corrected chi connectivity index (χ3v) is 3.88. The molecule has 2 rings (SSSR count). The second-order valence-corrected chi connectivity index (χ2v) is 5.39. The van der Waals surface area contributed by atoms with E-state index in [1.807, 2.05) is 29.2 Å². The number of hydrogen-bond donors (Lipinski definition) is 1. The molecule has 1 aromatic rings. The number of hydrogen-bond acceptors (Lipinski definition) is 2. The molecule has 0 aliphatic carbocycles. The van der Waals surface area contributed by atoms with E-state index in [1.54, 1.807) is 6.92 Å². The van der Waals surface area contributed by atoms with Crippen molar-refractivity contribution in [1.29, 1.82) is 0 Å². The number of aliphatic hydroxyl groups excluding tert-OH is 1. The van der Waals surface area contributed by atoms with Gasteiger partial charge >= 0.3 is 0 Å². The van der Waals surface area contributed by atoms with Gasteiger partial charge in [-0.15, -0.1) is 0 Å². The maximum Gasteiger partial charge on any atom is 0.254 e. The number of aryl methyl sites for hydroxylation is 1. The maximum absolute atomic E-state index is 12.7. The number of benzene rings is 1. The van der Waals surface area contributed by atoms with Crippen LogP contribution < -0.4 is 0 Å². The molecule has 1 aliphatic heterocycles. The second-order valence-electron chi connectivity index (χ2n) is 5.39. The summed E-state index contributed by atoms with van der Waals surface area (Å²) in [6.45, 7) is 4.68. The fourth-order valence-electron chi connectivity index (χ4n) is 2.93. The van der Waals surface area contributed by atoms with Crippen molar-refractivity contribution in [1.82, 2.24) is 4.90 Å². The van der Waals surface area contributed by atoms with E-state index >= 15 is 0 Å². The van der Waals surface area contributed by atoms with Gasteiger partial charge in [-0.1, -0.05) is 25.1 Å². The van der Waals surface area contributed by atoms with E-state index < -0.39 is 0 Å². The standard InChI is InChI=1S/C16H23NO2/c1-3-13-7-4-5-9-15(13)16(19)17-10-6-8-14(17)11-12(2)18/h4-5,7,9,12,14,18H,3,6,8,10-11H2,1-2H3. The monoisotopic (exact) mass is 261 g/mol. The van der Waals surface area contributed by atoms with Crippen LogP contribution in [0.2, 0.25) is 0 Å². The molecule has 1 aliphatic rings. The van der Waals surface area contributed by atoms with Crippen LogP contribution in [0.4, 0.5) is 0 Å². The highest BCUT2D eigenvalue weighted by Gasteiger charge is 2.30. The van der Waals surface area contributed by atoms with E-state index in [2.05, 4.69) is 6.92 Å².